The number of carbonyl (C=O) groups is 1. The Morgan fingerprint density at radius 3 is 2.52 bits per heavy atom. The third-order valence-electron chi connectivity index (χ3n) is 3.81. The molecule has 0 aliphatic heterocycles. The summed E-state index contributed by atoms with van der Waals surface area (Å²) in [4.78, 5) is 14.2. The highest BCUT2D eigenvalue weighted by molar-refractivity contribution is 8.00. The number of ether oxygens (including phenoxy) is 1. The summed E-state index contributed by atoms with van der Waals surface area (Å²) in [6.07, 6.45) is 0. The number of rotatable bonds is 7. The van der Waals surface area contributed by atoms with Gasteiger partial charge in [-0.2, -0.15) is 0 Å². The van der Waals surface area contributed by atoms with Crippen molar-refractivity contribution in [3.8, 4) is 17.2 Å². The molecule has 1 heterocycles. The summed E-state index contributed by atoms with van der Waals surface area (Å²) in [6.45, 7) is 2.46. The van der Waals surface area contributed by atoms with Crippen LogP contribution in [0.4, 0.5) is 0 Å². The Morgan fingerprint density at radius 2 is 1.81 bits per heavy atom. The average Bonchev–Trinajstić information content (AvgIpc) is 3.15. The number of benzene rings is 2. The monoisotopic (exact) mass is 383 g/mol. The van der Waals surface area contributed by atoms with Crippen molar-refractivity contribution < 1.29 is 13.9 Å². The fraction of sp³-hybridized carbons (Fsp3) is 0.250. The van der Waals surface area contributed by atoms with Crippen LogP contribution in [0.5, 0.6) is 5.75 Å². The Kier molecular flexibility index (Phi) is 6.13. The minimum absolute atomic E-state index is 0.0410. The molecule has 1 aromatic heterocycles. The molecule has 1 amide bonds. The Balaban J connectivity index is 1.88. The van der Waals surface area contributed by atoms with Crippen LogP contribution in [-0.4, -0.2) is 41.7 Å². The first-order valence-electron chi connectivity index (χ1n) is 8.58. The van der Waals surface area contributed by atoms with Crippen molar-refractivity contribution in [2.24, 2.45) is 0 Å². The molecule has 0 bridgehead atoms. The highest BCUT2D eigenvalue weighted by Crippen LogP contribution is 2.38. The Bertz CT molecular complexity index is 896. The van der Waals surface area contributed by atoms with Gasteiger partial charge in [-0.25, -0.2) is 0 Å². The molecule has 3 rings (SSSR count). The fourth-order valence-corrected chi connectivity index (χ4v) is 3.54. The van der Waals surface area contributed by atoms with Crippen LogP contribution in [-0.2, 0) is 4.79 Å². The van der Waals surface area contributed by atoms with E-state index in [2.05, 4.69) is 10.2 Å². The molecular weight excluding hydrogens is 362 g/mol. The van der Waals surface area contributed by atoms with E-state index in [9.17, 15) is 4.79 Å². The Labute approximate surface area is 162 Å². The van der Waals surface area contributed by atoms with Crippen LogP contribution in [0.25, 0.3) is 11.5 Å². The molecule has 6 nitrogen and oxygen atoms in total. The topological polar surface area (TPSA) is 68.5 Å². The number of thioether (sulfide) groups is 1. The van der Waals surface area contributed by atoms with E-state index in [-0.39, 0.29) is 5.91 Å². The third-order valence-corrected chi connectivity index (χ3v) is 4.89. The van der Waals surface area contributed by atoms with Crippen molar-refractivity contribution in [2.75, 3.05) is 20.7 Å². The maximum absolute atomic E-state index is 12.7. The molecule has 0 aliphatic rings. The molecule has 0 saturated carbocycles. The van der Waals surface area contributed by atoms with E-state index in [1.807, 2.05) is 61.5 Å². The summed E-state index contributed by atoms with van der Waals surface area (Å²) in [5.74, 6) is 1.01. The van der Waals surface area contributed by atoms with Crippen molar-refractivity contribution in [1.82, 2.24) is 15.1 Å². The number of carbonyl (C=O) groups excluding carboxylic acids is 1. The molecule has 0 fully saturated rings. The second kappa shape index (κ2) is 8.73. The first-order valence-corrected chi connectivity index (χ1v) is 9.46. The average molecular weight is 383 g/mol. The zero-order valence-electron chi connectivity index (χ0n) is 15.5. The van der Waals surface area contributed by atoms with Gasteiger partial charge in [-0.15, -0.1) is 10.2 Å². The smallest absolute Gasteiger partial charge is 0.277 e. The fourth-order valence-electron chi connectivity index (χ4n) is 2.52. The Hall–Kier alpha value is -2.80. The highest BCUT2D eigenvalue weighted by Gasteiger charge is 2.26. The van der Waals surface area contributed by atoms with Gasteiger partial charge in [-0.05, 0) is 36.4 Å². The number of para-hydroxylation sites is 1. The molecule has 0 saturated heterocycles. The molecule has 0 N–H and O–H groups in total. The molecule has 1 unspecified atom stereocenters. The normalized spacial score (nSPS) is 11.8. The van der Waals surface area contributed by atoms with E-state index in [1.165, 1.54) is 11.8 Å². The molecule has 140 valence electrons. The van der Waals surface area contributed by atoms with Crippen molar-refractivity contribution in [3.05, 3.63) is 60.2 Å². The first-order chi connectivity index (χ1) is 13.1. The van der Waals surface area contributed by atoms with Gasteiger partial charge < -0.3 is 14.1 Å². The van der Waals surface area contributed by atoms with Crippen molar-refractivity contribution in [2.45, 2.75) is 17.4 Å². The van der Waals surface area contributed by atoms with Crippen LogP contribution in [0.1, 0.15) is 17.7 Å². The minimum Gasteiger partial charge on any atom is -0.493 e. The van der Waals surface area contributed by atoms with E-state index in [1.54, 1.807) is 19.0 Å². The van der Waals surface area contributed by atoms with E-state index in [0.717, 1.165) is 11.1 Å². The molecule has 0 radical (unpaired) electrons. The lowest BCUT2D eigenvalue weighted by molar-refractivity contribution is -0.128. The molecule has 3 aromatic rings. The maximum Gasteiger partial charge on any atom is 0.277 e. The summed E-state index contributed by atoms with van der Waals surface area (Å²) in [5.41, 5.74) is 1.62. The number of amides is 1. The largest absolute Gasteiger partial charge is 0.493 e. The zero-order chi connectivity index (χ0) is 19.2. The highest BCUT2D eigenvalue weighted by atomic mass is 32.2. The maximum atomic E-state index is 12.7. The van der Waals surface area contributed by atoms with Gasteiger partial charge in [-0.1, -0.05) is 42.5 Å². The molecule has 27 heavy (non-hydrogen) atoms. The van der Waals surface area contributed by atoms with Crippen LogP contribution in [0.2, 0.25) is 0 Å². The number of nitrogens with zero attached hydrogens (tertiary/aromatic N) is 3. The van der Waals surface area contributed by atoms with Gasteiger partial charge in [0.25, 0.3) is 11.1 Å². The van der Waals surface area contributed by atoms with Crippen LogP contribution in [0.3, 0.4) is 0 Å². The molecule has 0 aliphatic carbocycles. The van der Waals surface area contributed by atoms with Gasteiger partial charge in [0.1, 0.15) is 11.0 Å². The summed E-state index contributed by atoms with van der Waals surface area (Å²) in [6, 6.07) is 17.1. The predicted molar refractivity (Wildman–Crippen MR) is 105 cm³/mol. The van der Waals surface area contributed by atoms with Crippen LogP contribution in [0, 0.1) is 0 Å². The lowest BCUT2D eigenvalue weighted by atomic mass is 10.1. The Morgan fingerprint density at radius 1 is 1.11 bits per heavy atom. The predicted octanol–water partition coefficient (Wildman–Crippen LogP) is 4.06. The standard InChI is InChI=1S/C20H21N3O3S/c1-4-25-16-13-9-8-12-15(16)18-21-22-20(26-18)27-17(19(24)23(2)3)14-10-6-5-7-11-14/h5-13,17H,4H2,1-3H3. The lowest BCUT2D eigenvalue weighted by Crippen LogP contribution is -2.26. The third kappa shape index (κ3) is 4.49. The van der Waals surface area contributed by atoms with Crippen molar-refractivity contribution in [3.63, 3.8) is 0 Å². The van der Waals surface area contributed by atoms with E-state index < -0.39 is 5.25 Å². The number of hydrogen-bond acceptors (Lipinski definition) is 6. The van der Waals surface area contributed by atoms with Gasteiger partial charge in [0.05, 0.1) is 12.2 Å². The van der Waals surface area contributed by atoms with E-state index in [4.69, 9.17) is 9.15 Å². The van der Waals surface area contributed by atoms with Gasteiger partial charge in [0.15, 0.2) is 0 Å². The van der Waals surface area contributed by atoms with E-state index in [0.29, 0.717) is 23.5 Å². The molecule has 2 aromatic carbocycles. The van der Waals surface area contributed by atoms with Crippen LogP contribution < -0.4 is 4.74 Å². The van der Waals surface area contributed by atoms with Gasteiger partial charge in [-0.3, -0.25) is 4.79 Å². The molecular formula is C20H21N3O3S. The SMILES string of the molecule is CCOc1ccccc1-c1nnc(SC(C(=O)N(C)C)c2ccccc2)o1. The van der Waals surface area contributed by atoms with E-state index >= 15 is 0 Å². The summed E-state index contributed by atoms with van der Waals surface area (Å²) in [7, 11) is 3.47. The summed E-state index contributed by atoms with van der Waals surface area (Å²) < 4.78 is 11.5. The van der Waals surface area contributed by atoms with Crippen LogP contribution >= 0.6 is 11.8 Å². The zero-order valence-corrected chi connectivity index (χ0v) is 16.3. The quantitative estimate of drug-likeness (QED) is 0.573. The number of hydrogen-bond donors (Lipinski definition) is 0. The minimum atomic E-state index is -0.461. The second-order valence-electron chi connectivity index (χ2n) is 5.94. The molecule has 0 spiro atoms. The van der Waals surface area contributed by atoms with Crippen molar-refractivity contribution >= 4 is 17.7 Å². The van der Waals surface area contributed by atoms with Gasteiger partial charge >= 0.3 is 0 Å². The van der Waals surface area contributed by atoms with Gasteiger partial charge in [0.2, 0.25) is 5.91 Å². The first kappa shape index (κ1) is 19.0. The van der Waals surface area contributed by atoms with Crippen molar-refractivity contribution in [1.29, 1.82) is 0 Å². The summed E-state index contributed by atoms with van der Waals surface area (Å²) >= 11 is 1.24. The second-order valence-corrected chi connectivity index (χ2v) is 7.00. The lowest BCUT2D eigenvalue weighted by Gasteiger charge is -2.18. The molecule has 1 atom stereocenters. The van der Waals surface area contributed by atoms with Gasteiger partial charge in [0, 0.05) is 14.1 Å². The molecule has 7 heteroatoms. The van der Waals surface area contributed by atoms with Crippen LogP contribution in [0.15, 0.2) is 64.2 Å². The number of aromatic nitrogens is 2. The number of likely N-dealkylation sites (N-methyl/N-ethyl adjacent to an activating group) is 1. The summed E-state index contributed by atoms with van der Waals surface area (Å²) in [5, 5.41) is 8.13.